The second-order valence-corrected chi connectivity index (χ2v) is 8.82. The molecule has 4 rings (SSSR count). The van der Waals surface area contributed by atoms with Crippen molar-refractivity contribution in [2.45, 2.75) is 33.3 Å². The van der Waals surface area contributed by atoms with Gasteiger partial charge in [-0.05, 0) is 63.6 Å². The van der Waals surface area contributed by atoms with Crippen LogP contribution in [0, 0.1) is 11.3 Å². The Labute approximate surface area is 202 Å². The van der Waals surface area contributed by atoms with Gasteiger partial charge in [-0.3, -0.25) is 19.5 Å². The molecule has 2 aromatic heterocycles. The third-order valence-corrected chi connectivity index (χ3v) is 5.16. The summed E-state index contributed by atoms with van der Waals surface area (Å²) in [5.41, 5.74) is 0.0997. The Morgan fingerprint density at radius 3 is 2.37 bits per heavy atom. The lowest BCUT2D eigenvalue weighted by Crippen LogP contribution is -2.41. The van der Waals surface area contributed by atoms with Crippen LogP contribution < -0.4 is 15.2 Å². The minimum atomic E-state index is -0.786. The molecular weight excluding hydrogens is 444 g/mol. The van der Waals surface area contributed by atoms with E-state index in [2.05, 4.69) is 5.10 Å². The summed E-state index contributed by atoms with van der Waals surface area (Å²) < 4.78 is 7.02. The molecule has 0 aliphatic heterocycles. The number of rotatable bonds is 6. The first kappa shape index (κ1) is 23.8. The van der Waals surface area contributed by atoms with Crippen molar-refractivity contribution in [1.82, 2.24) is 9.61 Å². The van der Waals surface area contributed by atoms with Crippen molar-refractivity contribution in [3.63, 3.8) is 0 Å². The van der Waals surface area contributed by atoms with Gasteiger partial charge in [0.2, 0.25) is 5.43 Å². The predicted molar refractivity (Wildman–Crippen MR) is 133 cm³/mol. The first-order valence-corrected chi connectivity index (χ1v) is 11.2. The Bertz CT molecular complexity index is 1460. The maximum atomic E-state index is 13.9. The molecule has 2 aromatic carbocycles. The van der Waals surface area contributed by atoms with Crippen molar-refractivity contribution in [3.8, 4) is 22.9 Å². The van der Waals surface area contributed by atoms with Gasteiger partial charge in [-0.2, -0.15) is 10.3 Å². The molecule has 0 unspecified atom stereocenters. The van der Waals surface area contributed by atoms with E-state index in [0.717, 1.165) is 5.06 Å². The van der Waals surface area contributed by atoms with Crippen LogP contribution in [0.4, 0.5) is 5.82 Å². The average molecular weight is 471 g/mol. The van der Waals surface area contributed by atoms with Gasteiger partial charge in [-0.15, -0.1) is 0 Å². The fourth-order valence-corrected chi connectivity index (χ4v) is 3.76. The molecule has 1 amide bonds. The highest BCUT2D eigenvalue weighted by atomic mass is 16.7. The van der Waals surface area contributed by atoms with Crippen LogP contribution in [-0.2, 0) is 4.84 Å². The molecule has 0 aliphatic carbocycles. The van der Waals surface area contributed by atoms with E-state index in [9.17, 15) is 14.9 Å². The number of aromatic amines is 1. The lowest BCUT2D eigenvalue weighted by Gasteiger charge is -2.31. The number of pyridine rings is 1. The first-order valence-electron chi connectivity index (χ1n) is 11.2. The molecule has 0 spiro atoms. The van der Waals surface area contributed by atoms with E-state index in [4.69, 9.17) is 9.57 Å². The Balaban J connectivity index is 2.01. The van der Waals surface area contributed by atoms with E-state index >= 15 is 0 Å². The SMILES string of the molecule is CCOc1ccc(C(=O)N(OC(C)(C)C)c2c(-c3ccccc3)c(=O)c(C#N)c3cc[nH]n23)cc1. The minimum Gasteiger partial charge on any atom is -0.494 e. The van der Waals surface area contributed by atoms with Gasteiger partial charge in [0.15, 0.2) is 5.82 Å². The van der Waals surface area contributed by atoms with Crippen LogP contribution in [0.15, 0.2) is 71.7 Å². The molecule has 0 bridgehead atoms. The third kappa shape index (κ3) is 4.67. The van der Waals surface area contributed by atoms with E-state index in [1.54, 1.807) is 60.8 Å². The fraction of sp³-hybridized carbons (Fsp3) is 0.222. The van der Waals surface area contributed by atoms with Crippen LogP contribution in [0.25, 0.3) is 16.6 Å². The zero-order chi connectivity index (χ0) is 25.2. The van der Waals surface area contributed by atoms with Crippen LogP contribution in [0.2, 0.25) is 0 Å². The Morgan fingerprint density at radius 2 is 1.77 bits per heavy atom. The summed E-state index contributed by atoms with van der Waals surface area (Å²) in [6.07, 6.45) is 1.60. The number of carbonyl (C=O) groups is 1. The highest BCUT2D eigenvalue weighted by molar-refractivity contribution is 6.06. The fourth-order valence-electron chi connectivity index (χ4n) is 3.76. The quantitative estimate of drug-likeness (QED) is 0.402. The van der Waals surface area contributed by atoms with E-state index in [1.165, 1.54) is 4.52 Å². The number of fused-ring (bicyclic) bond motifs is 1. The number of aromatic nitrogens is 2. The number of nitrogens with one attached hydrogen (secondary N) is 1. The Kier molecular flexibility index (Phi) is 6.45. The van der Waals surface area contributed by atoms with Gasteiger partial charge < -0.3 is 4.74 Å². The van der Waals surface area contributed by atoms with Crippen molar-refractivity contribution >= 4 is 17.2 Å². The molecule has 0 radical (unpaired) electrons. The number of hydroxylamine groups is 1. The molecule has 0 atom stereocenters. The van der Waals surface area contributed by atoms with E-state index in [1.807, 2.05) is 39.8 Å². The second-order valence-electron chi connectivity index (χ2n) is 8.82. The zero-order valence-electron chi connectivity index (χ0n) is 20.0. The van der Waals surface area contributed by atoms with E-state index < -0.39 is 16.9 Å². The number of ether oxygens (including phenoxy) is 1. The number of hydrogen-bond acceptors (Lipinski definition) is 5. The van der Waals surface area contributed by atoms with Crippen LogP contribution in [0.3, 0.4) is 0 Å². The van der Waals surface area contributed by atoms with Gasteiger partial charge in [-0.1, -0.05) is 30.3 Å². The minimum absolute atomic E-state index is 0.0296. The number of anilines is 1. The number of nitrogens with zero attached hydrogens (tertiary/aromatic N) is 3. The Morgan fingerprint density at radius 1 is 1.09 bits per heavy atom. The molecule has 35 heavy (non-hydrogen) atoms. The van der Waals surface area contributed by atoms with Crippen LogP contribution in [0.5, 0.6) is 5.75 Å². The summed E-state index contributed by atoms with van der Waals surface area (Å²) in [4.78, 5) is 33.7. The average Bonchev–Trinajstić information content (AvgIpc) is 3.31. The van der Waals surface area contributed by atoms with Crippen molar-refractivity contribution in [2.24, 2.45) is 0 Å². The van der Waals surface area contributed by atoms with E-state index in [-0.39, 0.29) is 16.9 Å². The highest BCUT2D eigenvalue weighted by Crippen LogP contribution is 2.33. The lowest BCUT2D eigenvalue weighted by molar-refractivity contribution is -0.0170. The van der Waals surface area contributed by atoms with Gasteiger partial charge in [0.25, 0.3) is 5.91 Å². The maximum Gasteiger partial charge on any atom is 0.283 e. The van der Waals surface area contributed by atoms with Crippen LogP contribution in [-0.4, -0.2) is 27.7 Å². The summed E-state index contributed by atoms with van der Waals surface area (Å²) in [5, 5.41) is 13.9. The number of carbonyl (C=O) groups excluding carboxylic acids is 1. The summed E-state index contributed by atoms with van der Waals surface area (Å²) in [6.45, 7) is 7.82. The first-order chi connectivity index (χ1) is 16.7. The molecular formula is C27H26N4O4. The molecule has 0 saturated heterocycles. The molecule has 2 heterocycles. The zero-order valence-corrected chi connectivity index (χ0v) is 20.0. The summed E-state index contributed by atoms with van der Waals surface area (Å²) >= 11 is 0. The van der Waals surface area contributed by atoms with Crippen molar-refractivity contribution in [2.75, 3.05) is 11.7 Å². The molecule has 8 heteroatoms. The molecule has 1 N–H and O–H groups in total. The highest BCUT2D eigenvalue weighted by Gasteiger charge is 2.32. The summed E-state index contributed by atoms with van der Waals surface area (Å²) in [5.74, 6) is 0.334. The van der Waals surface area contributed by atoms with Crippen molar-refractivity contribution in [1.29, 1.82) is 5.26 Å². The van der Waals surface area contributed by atoms with Gasteiger partial charge in [0.1, 0.15) is 17.4 Å². The van der Waals surface area contributed by atoms with Crippen molar-refractivity contribution < 1.29 is 14.4 Å². The monoisotopic (exact) mass is 470 g/mol. The normalized spacial score (nSPS) is 11.3. The Hall–Kier alpha value is -4.35. The number of nitriles is 1. The molecule has 0 fully saturated rings. The second kappa shape index (κ2) is 9.49. The molecule has 0 aliphatic rings. The number of H-pyrrole nitrogens is 1. The van der Waals surface area contributed by atoms with Gasteiger partial charge >= 0.3 is 0 Å². The predicted octanol–water partition coefficient (Wildman–Crippen LogP) is 4.94. The molecule has 178 valence electrons. The van der Waals surface area contributed by atoms with E-state index in [0.29, 0.717) is 29.0 Å². The number of benzene rings is 2. The molecule has 0 saturated carbocycles. The number of hydrogen-bond donors (Lipinski definition) is 1. The topological polar surface area (TPSA) is 99.8 Å². The van der Waals surface area contributed by atoms with Crippen LogP contribution >= 0.6 is 0 Å². The van der Waals surface area contributed by atoms with Gasteiger partial charge in [-0.25, -0.2) is 4.52 Å². The number of amides is 1. The van der Waals surface area contributed by atoms with Gasteiger partial charge in [0.05, 0.1) is 23.3 Å². The maximum absolute atomic E-state index is 13.9. The standard InChI is InChI=1S/C27H26N4O4/c1-5-34-20-13-11-19(12-14-20)26(33)31(35-27(2,3)4)25-23(18-9-7-6-8-10-18)24(32)21(17-28)22-15-16-29-30(22)25/h6-16,29H,5H2,1-4H3. The van der Waals surface area contributed by atoms with Gasteiger partial charge in [0, 0.05) is 11.8 Å². The summed E-state index contributed by atoms with van der Waals surface area (Å²) in [6, 6.07) is 19.3. The smallest absolute Gasteiger partial charge is 0.283 e. The molecule has 4 aromatic rings. The summed E-state index contributed by atoms with van der Waals surface area (Å²) in [7, 11) is 0. The third-order valence-electron chi connectivity index (χ3n) is 5.16. The van der Waals surface area contributed by atoms with Crippen LogP contribution in [0.1, 0.15) is 43.6 Å². The lowest BCUT2D eigenvalue weighted by atomic mass is 10.0. The largest absolute Gasteiger partial charge is 0.494 e. The van der Waals surface area contributed by atoms with Crippen molar-refractivity contribution in [3.05, 3.63) is 88.2 Å². The molecule has 8 nitrogen and oxygen atoms in total.